The van der Waals surface area contributed by atoms with E-state index in [1.54, 1.807) is 0 Å². The number of phenols is 4. The van der Waals surface area contributed by atoms with Crippen LogP contribution >= 0.6 is 0 Å². The predicted octanol–water partition coefficient (Wildman–Crippen LogP) is 1.35. The summed E-state index contributed by atoms with van der Waals surface area (Å²) < 4.78 is 0. The molecule has 6 nitrogen and oxygen atoms in total. The molecule has 0 heterocycles. The molecule has 0 amide bonds. The number of rotatable bonds is 3. The average Bonchev–Trinajstić information content (AvgIpc) is 2.52. The normalized spacial score (nSPS) is 13.0. The maximum absolute atomic E-state index is 10.00. The van der Waals surface area contributed by atoms with E-state index < -0.39 is 12.2 Å². The van der Waals surface area contributed by atoms with E-state index in [4.69, 9.17) is 0 Å². The molecule has 23 heavy (non-hydrogen) atoms. The van der Waals surface area contributed by atoms with E-state index in [-0.39, 0.29) is 35.0 Å². The van der Waals surface area contributed by atoms with E-state index in [0.29, 0.717) is 5.56 Å². The van der Waals surface area contributed by atoms with Gasteiger partial charge in [0.05, 0.1) is 6.10 Å². The Morgan fingerprint density at radius 3 is 2.00 bits per heavy atom. The molecule has 2 aromatic carbocycles. The molecule has 6 heteroatoms. The van der Waals surface area contributed by atoms with E-state index in [1.807, 2.05) is 0 Å². The third kappa shape index (κ3) is 4.07. The number of aromatic hydroxyl groups is 4. The summed E-state index contributed by atoms with van der Waals surface area (Å²) in [6.45, 7) is 0. The zero-order valence-corrected chi connectivity index (χ0v) is 12.0. The molecule has 2 atom stereocenters. The van der Waals surface area contributed by atoms with Crippen LogP contribution in [0.15, 0.2) is 36.4 Å². The first-order valence-corrected chi connectivity index (χ1v) is 6.77. The first-order valence-electron chi connectivity index (χ1n) is 6.77. The number of aliphatic hydroxyl groups is 2. The number of phenolic OH excluding ortho intramolecular Hbond substituents is 4. The van der Waals surface area contributed by atoms with Crippen molar-refractivity contribution < 1.29 is 30.6 Å². The molecule has 2 rings (SSSR count). The Labute approximate surface area is 132 Å². The summed E-state index contributed by atoms with van der Waals surface area (Å²) in [5.41, 5.74) is 0.696. The van der Waals surface area contributed by atoms with Crippen LogP contribution in [0.3, 0.4) is 0 Å². The summed E-state index contributed by atoms with van der Waals surface area (Å²) >= 11 is 0. The number of hydrogen-bond donors (Lipinski definition) is 6. The van der Waals surface area contributed by atoms with Crippen LogP contribution in [-0.4, -0.2) is 36.7 Å². The minimum Gasteiger partial charge on any atom is -0.504 e. The van der Waals surface area contributed by atoms with Crippen LogP contribution in [0.4, 0.5) is 0 Å². The molecule has 0 saturated carbocycles. The second-order valence-corrected chi connectivity index (χ2v) is 4.97. The first kappa shape index (κ1) is 16.5. The smallest absolute Gasteiger partial charge is 0.158 e. The van der Waals surface area contributed by atoms with Crippen molar-refractivity contribution in [3.8, 4) is 34.8 Å². The first-order chi connectivity index (χ1) is 10.9. The average molecular weight is 316 g/mol. The molecule has 2 aromatic rings. The second-order valence-electron chi connectivity index (χ2n) is 4.97. The molecule has 0 radical (unpaired) electrons. The summed E-state index contributed by atoms with van der Waals surface area (Å²) in [5.74, 6) is 4.10. The Balaban J connectivity index is 2.04. The lowest BCUT2D eigenvalue weighted by molar-refractivity contribution is 0.0217. The number of benzene rings is 2. The van der Waals surface area contributed by atoms with Crippen molar-refractivity contribution in [2.45, 2.75) is 18.6 Å². The van der Waals surface area contributed by atoms with Crippen LogP contribution in [0.2, 0.25) is 0 Å². The van der Waals surface area contributed by atoms with Gasteiger partial charge in [-0.05, 0) is 35.9 Å². The van der Waals surface area contributed by atoms with Gasteiger partial charge in [-0.15, -0.1) is 0 Å². The van der Waals surface area contributed by atoms with Gasteiger partial charge in [0.2, 0.25) is 0 Å². The van der Waals surface area contributed by atoms with Crippen LogP contribution in [0.25, 0.3) is 0 Å². The highest BCUT2D eigenvalue weighted by molar-refractivity contribution is 5.46. The van der Waals surface area contributed by atoms with Crippen LogP contribution in [0, 0.1) is 11.8 Å². The zero-order valence-electron chi connectivity index (χ0n) is 12.0. The molecule has 120 valence electrons. The van der Waals surface area contributed by atoms with Gasteiger partial charge in [-0.25, -0.2) is 0 Å². The number of hydrogen-bond acceptors (Lipinski definition) is 6. The van der Waals surface area contributed by atoms with Gasteiger partial charge < -0.3 is 30.6 Å². The monoisotopic (exact) mass is 316 g/mol. The van der Waals surface area contributed by atoms with E-state index in [9.17, 15) is 30.6 Å². The second kappa shape index (κ2) is 6.92. The molecule has 0 aliphatic heterocycles. The van der Waals surface area contributed by atoms with Gasteiger partial charge in [-0.2, -0.15) is 0 Å². The highest BCUT2D eigenvalue weighted by Crippen LogP contribution is 2.29. The van der Waals surface area contributed by atoms with E-state index >= 15 is 0 Å². The third-order valence-electron chi connectivity index (χ3n) is 3.22. The highest BCUT2D eigenvalue weighted by atomic mass is 16.3. The molecular formula is C17H16O6. The summed E-state index contributed by atoms with van der Waals surface area (Å²) in [5, 5.41) is 57.1. The minimum absolute atomic E-state index is 0.0511. The molecule has 0 aliphatic rings. The third-order valence-corrected chi connectivity index (χ3v) is 3.22. The maximum atomic E-state index is 10.00. The largest absolute Gasteiger partial charge is 0.504 e. The fraction of sp³-hybridized carbons (Fsp3) is 0.176. The van der Waals surface area contributed by atoms with Gasteiger partial charge in [0.15, 0.2) is 23.0 Å². The summed E-state index contributed by atoms with van der Waals surface area (Å²) in [7, 11) is 0. The molecular weight excluding hydrogens is 300 g/mol. The Bertz CT molecular complexity index is 759. The Morgan fingerprint density at radius 2 is 1.39 bits per heavy atom. The van der Waals surface area contributed by atoms with Crippen molar-refractivity contribution in [3.63, 3.8) is 0 Å². The topological polar surface area (TPSA) is 121 Å². The molecule has 0 unspecified atom stereocenters. The SMILES string of the molecule is Oc1ccc(C#CC[C@H](O)[C@H](O)c2ccc(O)c(O)c2)cc1O. The zero-order chi connectivity index (χ0) is 17.0. The fourth-order valence-electron chi connectivity index (χ4n) is 1.92. The molecule has 6 N–H and O–H groups in total. The lowest BCUT2D eigenvalue weighted by atomic mass is 10.0. The molecule has 0 aromatic heterocycles. The van der Waals surface area contributed by atoms with Crippen molar-refractivity contribution in [3.05, 3.63) is 47.5 Å². The van der Waals surface area contributed by atoms with Gasteiger partial charge in [0, 0.05) is 12.0 Å². The van der Waals surface area contributed by atoms with E-state index in [2.05, 4.69) is 11.8 Å². The highest BCUT2D eigenvalue weighted by Gasteiger charge is 2.18. The standard InChI is InChI=1S/C17H16O6/c18-12-6-4-10(8-15(12)21)2-1-3-14(20)17(23)11-5-7-13(19)16(22)9-11/h4-9,14,17-23H,3H2/t14-,17+/m0/s1. The van der Waals surface area contributed by atoms with Crippen molar-refractivity contribution in [1.82, 2.24) is 0 Å². The Hall–Kier alpha value is -2.88. The van der Waals surface area contributed by atoms with Gasteiger partial charge in [-0.3, -0.25) is 0 Å². The van der Waals surface area contributed by atoms with Crippen LogP contribution in [0.1, 0.15) is 23.7 Å². The van der Waals surface area contributed by atoms with Gasteiger partial charge >= 0.3 is 0 Å². The summed E-state index contributed by atoms with van der Waals surface area (Å²) in [6, 6.07) is 7.84. The molecule has 0 spiro atoms. The maximum Gasteiger partial charge on any atom is 0.158 e. The van der Waals surface area contributed by atoms with Crippen molar-refractivity contribution >= 4 is 0 Å². The molecule has 0 aliphatic carbocycles. The van der Waals surface area contributed by atoms with E-state index in [0.717, 1.165) is 6.07 Å². The van der Waals surface area contributed by atoms with E-state index in [1.165, 1.54) is 30.3 Å². The van der Waals surface area contributed by atoms with Gasteiger partial charge in [0.1, 0.15) is 6.10 Å². The summed E-state index contributed by atoms with van der Waals surface area (Å²) in [6.07, 6.45) is -2.52. The Kier molecular flexibility index (Phi) is 4.96. The van der Waals surface area contributed by atoms with Crippen molar-refractivity contribution in [1.29, 1.82) is 0 Å². The molecule has 0 fully saturated rings. The Morgan fingerprint density at radius 1 is 0.783 bits per heavy atom. The van der Waals surface area contributed by atoms with Crippen LogP contribution in [0.5, 0.6) is 23.0 Å². The fourth-order valence-corrected chi connectivity index (χ4v) is 1.92. The quantitative estimate of drug-likeness (QED) is 0.375. The molecule has 0 bridgehead atoms. The lowest BCUT2D eigenvalue weighted by Gasteiger charge is -2.16. The van der Waals surface area contributed by atoms with Gasteiger partial charge in [0.25, 0.3) is 0 Å². The van der Waals surface area contributed by atoms with Gasteiger partial charge in [-0.1, -0.05) is 17.9 Å². The molecule has 0 saturated heterocycles. The minimum atomic E-state index is -1.27. The lowest BCUT2D eigenvalue weighted by Crippen LogP contribution is -2.17. The van der Waals surface area contributed by atoms with Crippen molar-refractivity contribution in [2.75, 3.05) is 0 Å². The number of aliphatic hydroxyl groups excluding tert-OH is 2. The van der Waals surface area contributed by atoms with Crippen LogP contribution < -0.4 is 0 Å². The van der Waals surface area contributed by atoms with Crippen LogP contribution in [-0.2, 0) is 0 Å². The van der Waals surface area contributed by atoms with Crippen molar-refractivity contribution in [2.24, 2.45) is 0 Å². The predicted molar refractivity (Wildman–Crippen MR) is 82.0 cm³/mol. The summed E-state index contributed by atoms with van der Waals surface area (Å²) in [4.78, 5) is 0.